The Morgan fingerprint density at radius 1 is 1.16 bits per heavy atom. The largest absolute Gasteiger partial charge is 0.507 e. The molecule has 0 bridgehead atoms. The third-order valence-electron chi connectivity index (χ3n) is 5.54. The van der Waals surface area contributed by atoms with Crippen LogP contribution in [0.5, 0.6) is 0 Å². The molecule has 1 aliphatic carbocycles. The molecule has 0 spiro atoms. The van der Waals surface area contributed by atoms with Gasteiger partial charge in [-0.05, 0) is 25.3 Å². The molecule has 1 N–H and O–H groups in total. The maximum Gasteiger partial charge on any atom is 0.346 e. The normalized spacial score (nSPS) is 26.1. The summed E-state index contributed by atoms with van der Waals surface area (Å²) in [5, 5.41) is 10.3. The highest BCUT2D eigenvalue weighted by Gasteiger charge is 2.38. The second kappa shape index (κ2) is 8.81. The third kappa shape index (κ3) is 4.82. The van der Waals surface area contributed by atoms with Crippen molar-refractivity contribution in [3.8, 4) is 0 Å². The van der Waals surface area contributed by atoms with Crippen molar-refractivity contribution in [2.75, 3.05) is 32.8 Å². The standard InChI is InChI=1S/C19H29NO5/c21-15(13-14-5-2-1-3-6-14)17-18(22)16(25-19(17)23)7-4-8-20-9-11-24-12-10-20/h14,16,22H,1-13H2. The van der Waals surface area contributed by atoms with Crippen LogP contribution in [0.15, 0.2) is 11.3 Å². The van der Waals surface area contributed by atoms with Gasteiger partial charge in [0.05, 0.1) is 13.2 Å². The average Bonchev–Trinajstić information content (AvgIpc) is 2.90. The fourth-order valence-electron chi connectivity index (χ4n) is 4.04. The molecule has 1 unspecified atom stereocenters. The van der Waals surface area contributed by atoms with Crippen LogP contribution in [0.1, 0.15) is 51.4 Å². The maximum absolute atomic E-state index is 12.5. The van der Waals surface area contributed by atoms with E-state index >= 15 is 0 Å². The smallest absolute Gasteiger partial charge is 0.346 e. The number of hydrogen-bond donors (Lipinski definition) is 1. The van der Waals surface area contributed by atoms with E-state index < -0.39 is 12.1 Å². The fourth-order valence-corrected chi connectivity index (χ4v) is 4.04. The minimum atomic E-state index is -0.654. The van der Waals surface area contributed by atoms with Crippen molar-refractivity contribution in [1.29, 1.82) is 0 Å². The number of hydrogen-bond acceptors (Lipinski definition) is 6. The summed E-state index contributed by atoms with van der Waals surface area (Å²) < 4.78 is 10.6. The number of rotatable bonds is 7. The number of nitrogens with zero attached hydrogens (tertiary/aromatic N) is 1. The second-order valence-electron chi connectivity index (χ2n) is 7.38. The summed E-state index contributed by atoms with van der Waals surface area (Å²) >= 11 is 0. The van der Waals surface area contributed by atoms with Gasteiger partial charge in [-0.1, -0.05) is 32.1 Å². The Morgan fingerprint density at radius 3 is 2.60 bits per heavy atom. The molecule has 6 heteroatoms. The average molecular weight is 351 g/mol. The van der Waals surface area contributed by atoms with Gasteiger partial charge in [-0.15, -0.1) is 0 Å². The highest BCUT2D eigenvalue weighted by molar-refractivity contribution is 6.19. The molecule has 1 atom stereocenters. The number of esters is 1. The summed E-state index contributed by atoms with van der Waals surface area (Å²) in [5.41, 5.74) is -0.0954. The molecule has 2 aliphatic heterocycles. The van der Waals surface area contributed by atoms with E-state index in [4.69, 9.17) is 9.47 Å². The maximum atomic E-state index is 12.5. The number of ketones is 1. The molecule has 0 aromatic heterocycles. The first kappa shape index (κ1) is 18.4. The van der Waals surface area contributed by atoms with Crippen LogP contribution in [0.2, 0.25) is 0 Å². The number of ether oxygens (including phenoxy) is 2. The number of carbonyl (C=O) groups is 2. The fraction of sp³-hybridized carbons (Fsp3) is 0.789. The van der Waals surface area contributed by atoms with E-state index in [9.17, 15) is 14.7 Å². The Bertz CT molecular complexity index is 518. The summed E-state index contributed by atoms with van der Waals surface area (Å²) in [5.74, 6) is -0.692. The number of cyclic esters (lactones) is 1. The van der Waals surface area contributed by atoms with E-state index in [1.807, 2.05) is 0 Å². The number of carbonyl (C=O) groups excluding carboxylic acids is 2. The molecule has 1 saturated carbocycles. The monoisotopic (exact) mass is 351 g/mol. The minimum Gasteiger partial charge on any atom is -0.507 e. The quantitative estimate of drug-likeness (QED) is 0.561. The molecule has 0 radical (unpaired) electrons. The van der Waals surface area contributed by atoms with Crippen molar-refractivity contribution in [3.05, 3.63) is 11.3 Å². The van der Waals surface area contributed by atoms with Crippen LogP contribution in [-0.4, -0.2) is 60.7 Å². The first-order valence-corrected chi connectivity index (χ1v) is 9.62. The Kier molecular flexibility index (Phi) is 6.48. The van der Waals surface area contributed by atoms with Gasteiger partial charge in [0.25, 0.3) is 0 Å². The van der Waals surface area contributed by atoms with Gasteiger partial charge < -0.3 is 14.6 Å². The van der Waals surface area contributed by atoms with E-state index in [0.29, 0.717) is 18.8 Å². The first-order valence-electron chi connectivity index (χ1n) is 9.62. The predicted molar refractivity (Wildman–Crippen MR) is 92.2 cm³/mol. The molecule has 1 saturated heterocycles. The Hall–Kier alpha value is -1.40. The lowest BCUT2D eigenvalue weighted by Crippen LogP contribution is -2.37. The van der Waals surface area contributed by atoms with Gasteiger partial charge in [0.2, 0.25) is 0 Å². The molecule has 25 heavy (non-hydrogen) atoms. The molecular weight excluding hydrogens is 322 g/mol. The van der Waals surface area contributed by atoms with E-state index in [2.05, 4.69) is 4.90 Å². The van der Waals surface area contributed by atoms with Gasteiger partial charge in [-0.3, -0.25) is 9.69 Å². The topological polar surface area (TPSA) is 76.1 Å². The molecule has 0 amide bonds. The lowest BCUT2D eigenvalue weighted by molar-refractivity contribution is -0.141. The third-order valence-corrected chi connectivity index (χ3v) is 5.54. The van der Waals surface area contributed by atoms with Gasteiger partial charge >= 0.3 is 5.97 Å². The number of morpholine rings is 1. The van der Waals surface area contributed by atoms with E-state index in [-0.39, 0.29) is 17.1 Å². The van der Waals surface area contributed by atoms with E-state index in [0.717, 1.165) is 65.0 Å². The van der Waals surface area contributed by atoms with Gasteiger partial charge in [-0.2, -0.15) is 0 Å². The summed E-state index contributed by atoms with van der Waals surface area (Å²) in [6, 6.07) is 0. The molecule has 0 aromatic carbocycles. The van der Waals surface area contributed by atoms with E-state index in [1.165, 1.54) is 6.42 Å². The van der Waals surface area contributed by atoms with Crippen LogP contribution in [0.25, 0.3) is 0 Å². The Morgan fingerprint density at radius 2 is 1.88 bits per heavy atom. The molecule has 2 heterocycles. The molecule has 6 nitrogen and oxygen atoms in total. The van der Waals surface area contributed by atoms with Gasteiger partial charge in [0.1, 0.15) is 5.57 Å². The molecule has 140 valence electrons. The van der Waals surface area contributed by atoms with E-state index in [1.54, 1.807) is 0 Å². The van der Waals surface area contributed by atoms with Crippen LogP contribution >= 0.6 is 0 Å². The number of Topliss-reactive ketones (excluding diaryl/α,β-unsaturated/α-hetero) is 1. The summed E-state index contributed by atoms with van der Waals surface area (Å²) in [7, 11) is 0. The lowest BCUT2D eigenvalue weighted by atomic mass is 9.84. The highest BCUT2D eigenvalue weighted by atomic mass is 16.6. The summed E-state index contributed by atoms with van der Waals surface area (Å²) in [4.78, 5) is 26.8. The van der Waals surface area contributed by atoms with Crippen LogP contribution in [0, 0.1) is 5.92 Å². The van der Waals surface area contributed by atoms with Gasteiger partial charge in [-0.25, -0.2) is 4.79 Å². The zero-order valence-corrected chi connectivity index (χ0v) is 14.9. The molecular formula is C19H29NO5. The number of aliphatic hydroxyl groups excluding tert-OH is 1. The molecule has 3 rings (SSSR count). The van der Waals surface area contributed by atoms with Gasteiger partial charge in [0, 0.05) is 19.5 Å². The van der Waals surface area contributed by atoms with Crippen molar-refractivity contribution in [2.45, 2.75) is 57.5 Å². The Balaban J connectivity index is 1.50. The van der Waals surface area contributed by atoms with Crippen molar-refractivity contribution in [2.24, 2.45) is 5.92 Å². The Labute approximate surface area is 149 Å². The summed E-state index contributed by atoms with van der Waals surface area (Å²) in [6.45, 7) is 4.22. The van der Waals surface area contributed by atoms with Crippen molar-refractivity contribution >= 4 is 11.8 Å². The SMILES string of the molecule is O=C(CC1CCCCC1)C1=C(O)C(CCCN2CCOCC2)OC1=O. The zero-order valence-electron chi connectivity index (χ0n) is 14.9. The summed E-state index contributed by atoms with van der Waals surface area (Å²) in [6.07, 6.45) is 6.67. The number of aliphatic hydroxyl groups is 1. The first-order chi connectivity index (χ1) is 12.1. The minimum absolute atomic E-state index is 0.0954. The van der Waals surface area contributed by atoms with Crippen LogP contribution in [0.3, 0.4) is 0 Å². The molecule has 0 aromatic rings. The molecule has 2 fully saturated rings. The zero-order chi connectivity index (χ0) is 17.6. The highest BCUT2D eigenvalue weighted by Crippen LogP contribution is 2.31. The van der Waals surface area contributed by atoms with Crippen LogP contribution < -0.4 is 0 Å². The van der Waals surface area contributed by atoms with Crippen LogP contribution in [0.4, 0.5) is 0 Å². The second-order valence-corrected chi connectivity index (χ2v) is 7.38. The lowest BCUT2D eigenvalue weighted by Gasteiger charge is -2.26. The van der Waals surface area contributed by atoms with Crippen LogP contribution in [-0.2, 0) is 19.1 Å². The molecule has 3 aliphatic rings. The van der Waals surface area contributed by atoms with Gasteiger partial charge in [0.15, 0.2) is 17.6 Å². The van der Waals surface area contributed by atoms with Crippen molar-refractivity contribution in [1.82, 2.24) is 4.90 Å². The predicted octanol–water partition coefficient (Wildman–Crippen LogP) is 2.38. The van der Waals surface area contributed by atoms with Crippen molar-refractivity contribution < 1.29 is 24.2 Å². The van der Waals surface area contributed by atoms with Crippen molar-refractivity contribution in [3.63, 3.8) is 0 Å².